The van der Waals surface area contributed by atoms with Gasteiger partial charge in [0.25, 0.3) is 0 Å². The van der Waals surface area contributed by atoms with Gasteiger partial charge in [0, 0.05) is 13.0 Å². The second-order valence-electron chi connectivity index (χ2n) is 4.80. The van der Waals surface area contributed by atoms with Gasteiger partial charge in [-0.3, -0.25) is 0 Å². The van der Waals surface area contributed by atoms with Crippen LogP contribution < -0.4 is 15.2 Å². The van der Waals surface area contributed by atoms with Crippen LogP contribution in [0.5, 0.6) is 11.5 Å². The molecular weight excluding hydrogens is 242 g/mol. The lowest BCUT2D eigenvalue weighted by atomic mass is 10.1. The Balaban J connectivity index is 1.90. The Morgan fingerprint density at radius 2 is 2.26 bits per heavy atom. The Kier molecular flexibility index (Phi) is 5.48. The first-order valence-electron chi connectivity index (χ1n) is 6.95. The largest absolute Gasteiger partial charge is 0.493 e. The molecule has 1 aromatic carbocycles. The van der Waals surface area contributed by atoms with E-state index in [-0.39, 0.29) is 0 Å². The predicted molar refractivity (Wildman–Crippen MR) is 74.8 cm³/mol. The van der Waals surface area contributed by atoms with Crippen LogP contribution >= 0.6 is 0 Å². The fourth-order valence-electron chi connectivity index (χ4n) is 2.33. The summed E-state index contributed by atoms with van der Waals surface area (Å²) in [5, 5.41) is 0. The molecule has 0 aromatic heterocycles. The number of hydrogen-bond acceptors (Lipinski definition) is 4. The molecule has 19 heavy (non-hydrogen) atoms. The SMILES string of the molecule is COc1ccc(CCN)cc1OCCC1CCCO1. The lowest BCUT2D eigenvalue weighted by Crippen LogP contribution is -2.11. The first kappa shape index (κ1) is 14.2. The Morgan fingerprint density at radius 1 is 1.37 bits per heavy atom. The molecule has 1 heterocycles. The van der Waals surface area contributed by atoms with Crippen molar-refractivity contribution in [3.63, 3.8) is 0 Å². The third kappa shape index (κ3) is 4.11. The van der Waals surface area contributed by atoms with Crippen LogP contribution in [0.2, 0.25) is 0 Å². The van der Waals surface area contributed by atoms with E-state index < -0.39 is 0 Å². The lowest BCUT2D eigenvalue weighted by molar-refractivity contribution is 0.0899. The van der Waals surface area contributed by atoms with Gasteiger partial charge in [-0.1, -0.05) is 6.07 Å². The van der Waals surface area contributed by atoms with E-state index >= 15 is 0 Å². The molecular formula is C15H23NO3. The molecule has 1 saturated heterocycles. The van der Waals surface area contributed by atoms with Gasteiger partial charge in [-0.05, 0) is 43.5 Å². The molecule has 2 N–H and O–H groups in total. The minimum Gasteiger partial charge on any atom is -0.493 e. The standard InChI is InChI=1S/C15H23NO3/c1-17-14-5-4-12(6-8-16)11-15(14)19-10-7-13-3-2-9-18-13/h4-5,11,13H,2-3,6-10,16H2,1H3. The number of benzene rings is 1. The smallest absolute Gasteiger partial charge is 0.161 e. The van der Waals surface area contributed by atoms with Crippen molar-refractivity contribution in [1.82, 2.24) is 0 Å². The summed E-state index contributed by atoms with van der Waals surface area (Å²) >= 11 is 0. The van der Waals surface area contributed by atoms with Gasteiger partial charge < -0.3 is 19.9 Å². The summed E-state index contributed by atoms with van der Waals surface area (Å²) in [6.07, 6.45) is 4.46. The Bertz CT molecular complexity index is 389. The van der Waals surface area contributed by atoms with Crippen molar-refractivity contribution >= 4 is 0 Å². The zero-order chi connectivity index (χ0) is 13.5. The van der Waals surface area contributed by atoms with Gasteiger partial charge in [0.05, 0.1) is 19.8 Å². The highest BCUT2D eigenvalue weighted by atomic mass is 16.5. The number of rotatable bonds is 7. The van der Waals surface area contributed by atoms with Crippen LogP contribution in [0, 0.1) is 0 Å². The lowest BCUT2D eigenvalue weighted by Gasteiger charge is -2.14. The van der Waals surface area contributed by atoms with Gasteiger partial charge in [-0.15, -0.1) is 0 Å². The number of methoxy groups -OCH3 is 1. The van der Waals surface area contributed by atoms with E-state index in [0.717, 1.165) is 37.4 Å². The average Bonchev–Trinajstić information content (AvgIpc) is 2.93. The van der Waals surface area contributed by atoms with Crippen LogP contribution in [0.4, 0.5) is 0 Å². The molecule has 4 heteroatoms. The highest BCUT2D eigenvalue weighted by Gasteiger charge is 2.15. The molecule has 1 atom stereocenters. The summed E-state index contributed by atoms with van der Waals surface area (Å²) in [5.74, 6) is 1.57. The third-order valence-electron chi connectivity index (χ3n) is 3.38. The van der Waals surface area contributed by atoms with Crippen molar-refractivity contribution in [3.05, 3.63) is 23.8 Å². The van der Waals surface area contributed by atoms with Crippen LogP contribution in [0.3, 0.4) is 0 Å². The topological polar surface area (TPSA) is 53.7 Å². The molecule has 4 nitrogen and oxygen atoms in total. The van der Waals surface area contributed by atoms with E-state index in [9.17, 15) is 0 Å². The van der Waals surface area contributed by atoms with Crippen LogP contribution in [-0.4, -0.2) is 33.0 Å². The van der Waals surface area contributed by atoms with Crippen molar-refractivity contribution in [2.24, 2.45) is 5.73 Å². The molecule has 106 valence electrons. The zero-order valence-electron chi connectivity index (χ0n) is 11.6. The first-order chi connectivity index (χ1) is 9.33. The second kappa shape index (κ2) is 7.36. The van der Waals surface area contributed by atoms with Crippen molar-refractivity contribution in [2.75, 3.05) is 26.9 Å². The Morgan fingerprint density at radius 3 is 2.95 bits per heavy atom. The van der Waals surface area contributed by atoms with E-state index in [1.165, 1.54) is 12.0 Å². The highest BCUT2D eigenvalue weighted by molar-refractivity contribution is 5.43. The number of hydrogen-bond donors (Lipinski definition) is 1. The summed E-state index contributed by atoms with van der Waals surface area (Å²) in [7, 11) is 1.66. The quantitative estimate of drug-likeness (QED) is 0.820. The monoisotopic (exact) mass is 265 g/mol. The van der Waals surface area contributed by atoms with E-state index in [1.54, 1.807) is 7.11 Å². The number of ether oxygens (including phenoxy) is 3. The normalized spacial score (nSPS) is 18.5. The Labute approximate surface area is 114 Å². The zero-order valence-corrected chi connectivity index (χ0v) is 11.6. The molecule has 2 rings (SSSR count). The maximum Gasteiger partial charge on any atom is 0.161 e. The van der Waals surface area contributed by atoms with Crippen molar-refractivity contribution in [2.45, 2.75) is 31.8 Å². The molecule has 0 radical (unpaired) electrons. The Hall–Kier alpha value is -1.26. The van der Waals surface area contributed by atoms with E-state index in [1.807, 2.05) is 18.2 Å². The summed E-state index contributed by atoms with van der Waals surface area (Å²) in [6.45, 7) is 2.19. The van der Waals surface area contributed by atoms with E-state index in [4.69, 9.17) is 19.9 Å². The highest BCUT2D eigenvalue weighted by Crippen LogP contribution is 2.28. The molecule has 0 amide bonds. The predicted octanol–water partition coefficient (Wildman–Crippen LogP) is 2.14. The summed E-state index contributed by atoms with van der Waals surface area (Å²) < 4.78 is 16.7. The summed E-state index contributed by atoms with van der Waals surface area (Å²) in [5.41, 5.74) is 6.75. The maximum atomic E-state index is 5.83. The minimum absolute atomic E-state index is 0.359. The van der Waals surface area contributed by atoms with E-state index in [0.29, 0.717) is 19.3 Å². The van der Waals surface area contributed by atoms with Gasteiger partial charge in [0.15, 0.2) is 11.5 Å². The van der Waals surface area contributed by atoms with Crippen LogP contribution in [0.25, 0.3) is 0 Å². The van der Waals surface area contributed by atoms with Crippen LogP contribution in [0.15, 0.2) is 18.2 Å². The molecule has 0 saturated carbocycles. The van der Waals surface area contributed by atoms with Gasteiger partial charge in [-0.2, -0.15) is 0 Å². The van der Waals surface area contributed by atoms with Crippen molar-refractivity contribution in [3.8, 4) is 11.5 Å². The molecule has 1 fully saturated rings. The molecule has 1 aliphatic rings. The molecule has 1 unspecified atom stereocenters. The molecule has 1 aliphatic heterocycles. The first-order valence-corrected chi connectivity index (χ1v) is 6.95. The fraction of sp³-hybridized carbons (Fsp3) is 0.600. The van der Waals surface area contributed by atoms with E-state index in [2.05, 4.69) is 0 Å². The third-order valence-corrected chi connectivity index (χ3v) is 3.38. The summed E-state index contributed by atoms with van der Waals surface area (Å²) in [4.78, 5) is 0. The van der Waals surface area contributed by atoms with Crippen LogP contribution in [0.1, 0.15) is 24.8 Å². The number of nitrogens with two attached hydrogens (primary N) is 1. The van der Waals surface area contributed by atoms with Gasteiger partial charge >= 0.3 is 0 Å². The molecule has 1 aromatic rings. The van der Waals surface area contributed by atoms with Crippen molar-refractivity contribution < 1.29 is 14.2 Å². The molecule has 0 spiro atoms. The summed E-state index contributed by atoms with van der Waals surface area (Å²) in [6, 6.07) is 5.98. The van der Waals surface area contributed by atoms with Gasteiger partial charge in [-0.25, -0.2) is 0 Å². The fourth-order valence-corrected chi connectivity index (χ4v) is 2.33. The second-order valence-corrected chi connectivity index (χ2v) is 4.80. The average molecular weight is 265 g/mol. The maximum absolute atomic E-state index is 5.83. The van der Waals surface area contributed by atoms with Gasteiger partial charge in [0.1, 0.15) is 0 Å². The molecule has 0 bridgehead atoms. The van der Waals surface area contributed by atoms with Crippen molar-refractivity contribution in [1.29, 1.82) is 0 Å². The molecule has 0 aliphatic carbocycles. The minimum atomic E-state index is 0.359. The van der Waals surface area contributed by atoms with Crippen LogP contribution in [-0.2, 0) is 11.2 Å². The van der Waals surface area contributed by atoms with Gasteiger partial charge in [0.2, 0.25) is 0 Å².